The molecule has 55 heavy (non-hydrogen) atoms. The molecule has 0 aliphatic heterocycles. The van der Waals surface area contributed by atoms with Crippen molar-refractivity contribution in [3.8, 4) is 11.1 Å². The first-order chi connectivity index (χ1) is 25.0. The van der Waals surface area contributed by atoms with E-state index >= 15 is 0 Å². The molecular formula is C50H56Cl2F2Zr-4. The van der Waals surface area contributed by atoms with Crippen LogP contribution in [0.3, 0.4) is 0 Å². The summed E-state index contributed by atoms with van der Waals surface area (Å²) in [5.41, 5.74) is 16.7. The molecule has 4 aromatic rings. The Kier molecular flexibility index (Phi) is 17.8. The standard InChI is InChI=1S/C27H29.C10H15.2C6H4F.CH2.2ClH.Zr/c1-16-7-9-26(3,4)24-12-18-11-19-13-25-21(17(2)8-10-27(25,5)6)15-23(19)22(18)14-20(16)24;1-8-5-6-9(7-8)10(2,3)4;2*7-6-4-2-1-3-5-6;;;;/h7-9,12-15H,10-11H2,1-6H3;6-8H,1-4H3;2*2-5H;1H2;2*1H;/q4*-1;;;;. The van der Waals surface area contributed by atoms with Crippen LogP contribution in [0.1, 0.15) is 109 Å². The predicted octanol–water partition coefficient (Wildman–Crippen LogP) is 14.3. The first-order valence-electron chi connectivity index (χ1n) is 18.4. The maximum atomic E-state index is 11.9. The summed E-state index contributed by atoms with van der Waals surface area (Å²) < 4.78 is 27.1. The molecule has 1 unspecified atom stereocenters. The molecule has 0 nitrogen and oxygen atoms in total. The van der Waals surface area contributed by atoms with E-state index in [1.54, 1.807) is 0 Å². The number of halogens is 4. The van der Waals surface area contributed by atoms with Crippen LogP contribution in [0.4, 0.5) is 8.78 Å². The predicted molar refractivity (Wildman–Crippen MR) is 234 cm³/mol. The van der Waals surface area contributed by atoms with Gasteiger partial charge in [0, 0.05) is 11.6 Å². The average Bonchev–Trinajstić information content (AvgIpc) is 3.73. The van der Waals surface area contributed by atoms with Crippen LogP contribution in [0.5, 0.6) is 0 Å². The van der Waals surface area contributed by atoms with Crippen LogP contribution in [0, 0.1) is 47.6 Å². The second-order valence-corrected chi connectivity index (χ2v) is 16.4. The third kappa shape index (κ3) is 12.2. The fourth-order valence-electron chi connectivity index (χ4n) is 6.96. The number of hydrogen-bond acceptors (Lipinski definition) is 0. The zero-order valence-corrected chi connectivity index (χ0v) is 38.2. The van der Waals surface area contributed by atoms with Gasteiger partial charge in [0.25, 0.3) is 0 Å². The minimum atomic E-state index is -0.209. The quantitative estimate of drug-likeness (QED) is 0.136. The molecule has 0 fully saturated rings. The molecular weight excluding hydrogens is 801 g/mol. The van der Waals surface area contributed by atoms with Gasteiger partial charge in [0.15, 0.2) is 0 Å². The van der Waals surface area contributed by atoms with E-state index < -0.39 is 0 Å². The van der Waals surface area contributed by atoms with Crippen molar-refractivity contribution in [2.24, 2.45) is 11.3 Å². The number of benzene rings is 4. The molecule has 0 saturated carbocycles. The molecule has 4 aliphatic rings. The summed E-state index contributed by atoms with van der Waals surface area (Å²) >= 11 is 1.30. The molecule has 0 radical (unpaired) electrons. The van der Waals surface area contributed by atoms with Gasteiger partial charge in [-0.3, -0.25) is 6.08 Å². The van der Waals surface area contributed by atoms with E-state index in [1.807, 2.05) is 0 Å². The van der Waals surface area contributed by atoms with Gasteiger partial charge in [-0.25, -0.2) is 27.4 Å². The van der Waals surface area contributed by atoms with Crippen molar-refractivity contribution in [2.45, 2.75) is 92.9 Å². The summed E-state index contributed by atoms with van der Waals surface area (Å²) in [7, 11) is 0. The van der Waals surface area contributed by atoms with Gasteiger partial charge in [0.05, 0.1) is 0 Å². The third-order valence-corrected chi connectivity index (χ3v) is 10.3. The van der Waals surface area contributed by atoms with E-state index in [2.05, 4.69) is 147 Å². The van der Waals surface area contributed by atoms with Gasteiger partial charge in [-0.1, -0.05) is 102 Å². The van der Waals surface area contributed by atoms with Crippen molar-refractivity contribution in [3.63, 3.8) is 0 Å². The second kappa shape index (κ2) is 20.4. The minimum absolute atomic E-state index is 0. The Morgan fingerprint density at radius 2 is 1.22 bits per heavy atom. The van der Waals surface area contributed by atoms with Crippen LogP contribution >= 0.6 is 24.8 Å². The Hall–Kier alpha value is -3.10. The SMILES string of the molecule is CC1=C[CH-]C(C)(C)c2cc3c(cc21)-c1cc2c(cc1C3)C(C)(C)CC=C2C.CC1[C-]=CC(C(C)(C)C)=C1.Cl.Cl.Fc1cc[c-]cc1.Fc1cc[c-]cc1.[CH2]=[Zr]. The van der Waals surface area contributed by atoms with Gasteiger partial charge in [-0.15, -0.1) is 61.6 Å². The van der Waals surface area contributed by atoms with Crippen LogP contribution in [0.15, 0.2) is 103 Å². The van der Waals surface area contributed by atoms with Crippen LogP contribution in [-0.4, -0.2) is 4.21 Å². The van der Waals surface area contributed by atoms with E-state index in [4.69, 9.17) is 0 Å². The van der Waals surface area contributed by atoms with E-state index in [9.17, 15) is 8.78 Å². The van der Waals surface area contributed by atoms with Crippen molar-refractivity contribution < 1.29 is 33.0 Å². The monoisotopic (exact) mass is 854 g/mol. The summed E-state index contributed by atoms with van der Waals surface area (Å²) in [4.78, 5) is 0. The molecule has 0 heterocycles. The molecule has 0 spiro atoms. The summed E-state index contributed by atoms with van der Waals surface area (Å²) in [5.74, 6) is 0.103. The first-order valence-corrected chi connectivity index (χ1v) is 20.2. The van der Waals surface area contributed by atoms with Gasteiger partial charge in [0.2, 0.25) is 0 Å². The first kappa shape index (κ1) is 48.1. The van der Waals surface area contributed by atoms with Crippen molar-refractivity contribution in [1.82, 2.24) is 0 Å². The topological polar surface area (TPSA) is 0 Å². The average molecular weight is 857 g/mol. The van der Waals surface area contributed by atoms with Gasteiger partial charge >= 0.3 is 28.4 Å². The molecule has 4 aromatic carbocycles. The Labute approximate surface area is 358 Å². The van der Waals surface area contributed by atoms with E-state index in [-0.39, 0.29) is 47.3 Å². The third-order valence-electron chi connectivity index (χ3n) is 10.3. The number of fused-ring (bicyclic) bond motifs is 5. The van der Waals surface area contributed by atoms with Gasteiger partial charge in [0.1, 0.15) is 0 Å². The van der Waals surface area contributed by atoms with Crippen molar-refractivity contribution in [1.29, 1.82) is 0 Å². The van der Waals surface area contributed by atoms with E-state index in [0.717, 1.165) is 12.8 Å². The number of rotatable bonds is 0. The zero-order chi connectivity index (χ0) is 39.1. The van der Waals surface area contributed by atoms with Crippen LogP contribution in [-0.2, 0) is 41.5 Å². The van der Waals surface area contributed by atoms with Crippen molar-refractivity contribution in [2.75, 3.05) is 0 Å². The molecule has 292 valence electrons. The van der Waals surface area contributed by atoms with Gasteiger partial charge < -0.3 is 0 Å². The zero-order valence-electron chi connectivity index (χ0n) is 34.1. The Bertz CT molecular complexity index is 1890. The Morgan fingerprint density at radius 1 is 0.745 bits per heavy atom. The fraction of sp³-hybridized carbons (Fsp3) is 0.320. The molecule has 5 heteroatoms. The molecule has 1 atom stereocenters. The van der Waals surface area contributed by atoms with Gasteiger partial charge in [-0.2, -0.15) is 53.6 Å². The number of allylic oxidation sites excluding steroid dienone is 8. The Balaban J connectivity index is 0.000000306. The van der Waals surface area contributed by atoms with Crippen LogP contribution in [0.2, 0.25) is 0 Å². The molecule has 0 amide bonds. The summed E-state index contributed by atoms with van der Waals surface area (Å²) in [6.07, 6.45) is 16.9. The number of hydrogen-bond donors (Lipinski definition) is 0. The van der Waals surface area contributed by atoms with E-state index in [1.165, 1.54) is 134 Å². The van der Waals surface area contributed by atoms with Crippen molar-refractivity contribution in [3.05, 3.63) is 172 Å². The molecule has 4 aliphatic carbocycles. The Morgan fingerprint density at radius 3 is 1.62 bits per heavy atom. The molecule has 0 bridgehead atoms. The van der Waals surface area contributed by atoms with Crippen LogP contribution < -0.4 is 0 Å². The van der Waals surface area contributed by atoms with E-state index in [0.29, 0.717) is 11.3 Å². The summed E-state index contributed by atoms with van der Waals surface area (Å²) in [6, 6.07) is 26.9. The molecule has 0 aromatic heterocycles. The normalized spacial score (nSPS) is 16.9. The molecule has 8 rings (SSSR count). The molecule has 0 N–H and O–H groups in total. The maximum absolute atomic E-state index is 11.9. The summed E-state index contributed by atoms with van der Waals surface area (Å²) in [6.45, 7) is 22.8. The fourth-order valence-corrected chi connectivity index (χ4v) is 6.96. The van der Waals surface area contributed by atoms with Crippen molar-refractivity contribution >= 4 is 40.2 Å². The van der Waals surface area contributed by atoms with Gasteiger partial charge in [-0.05, 0) is 70.2 Å². The van der Waals surface area contributed by atoms with Crippen LogP contribution in [0.25, 0.3) is 22.3 Å². The second-order valence-electron chi connectivity index (χ2n) is 16.4. The summed E-state index contributed by atoms with van der Waals surface area (Å²) in [5, 5.41) is 0. The molecule has 0 saturated heterocycles.